The quantitative estimate of drug-likeness (QED) is 0.895. The lowest BCUT2D eigenvalue weighted by Crippen LogP contribution is -2.05. The molecule has 0 radical (unpaired) electrons. The molecule has 6 heteroatoms. The van der Waals surface area contributed by atoms with E-state index in [1.165, 1.54) is 12.1 Å². The molecule has 1 unspecified atom stereocenters. The van der Waals surface area contributed by atoms with E-state index in [1.807, 2.05) is 6.92 Å². The minimum absolute atomic E-state index is 0.173. The summed E-state index contributed by atoms with van der Waals surface area (Å²) in [5.74, 6) is 0.0112. The van der Waals surface area contributed by atoms with Crippen molar-refractivity contribution < 1.29 is 17.7 Å². The number of aromatic nitrogens is 1. The van der Waals surface area contributed by atoms with E-state index >= 15 is 0 Å². The molecule has 0 spiro atoms. The van der Waals surface area contributed by atoms with E-state index in [1.54, 1.807) is 6.07 Å². The summed E-state index contributed by atoms with van der Waals surface area (Å²) in [5, 5.41) is 3.74. The summed E-state index contributed by atoms with van der Waals surface area (Å²) in [6.07, 6.45) is -4.32. The number of hydrogen-bond acceptors (Lipinski definition) is 3. The lowest BCUT2D eigenvalue weighted by atomic mass is 9.97. The van der Waals surface area contributed by atoms with Gasteiger partial charge < -0.3 is 10.3 Å². The lowest BCUT2D eigenvalue weighted by Gasteiger charge is -2.10. The van der Waals surface area contributed by atoms with Crippen LogP contribution in [0.5, 0.6) is 0 Å². The van der Waals surface area contributed by atoms with Crippen molar-refractivity contribution in [3.05, 3.63) is 47.2 Å². The Balaban J connectivity index is 2.24. The number of nitrogens with zero attached hydrogens (tertiary/aromatic N) is 1. The third kappa shape index (κ3) is 2.47. The summed E-state index contributed by atoms with van der Waals surface area (Å²) in [5.41, 5.74) is 6.04. The van der Waals surface area contributed by atoms with Crippen LogP contribution in [0.4, 0.5) is 19.1 Å². The molecule has 1 heterocycles. The summed E-state index contributed by atoms with van der Waals surface area (Å²) < 4.78 is 41.9. The predicted molar refractivity (Wildman–Crippen MR) is 59.9 cm³/mol. The molecular weight excluding hydrogens is 245 g/mol. The molecule has 0 fully saturated rings. The number of nitrogen functional groups attached to an aromatic ring is 1. The highest BCUT2D eigenvalue weighted by atomic mass is 19.4. The average molecular weight is 256 g/mol. The molecule has 0 saturated heterocycles. The number of alkyl halides is 3. The normalized spacial score (nSPS) is 13.6. The van der Waals surface area contributed by atoms with Crippen LogP contribution in [0.3, 0.4) is 0 Å². The average Bonchev–Trinajstić information content (AvgIpc) is 2.74. The Morgan fingerprint density at radius 2 is 1.83 bits per heavy atom. The molecule has 1 aromatic heterocycles. The van der Waals surface area contributed by atoms with Crippen molar-refractivity contribution in [2.75, 3.05) is 5.73 Å². The molecule has 0 aliphatic carbocycles. The van der Waals surface area contributed by atoms with Gasteiger partial charge in [-0.3, -0.25) is 0 Å². The molecular formula is C12H11F3N2O. The highest BCUT2D eigenvalue weighted by Gasteiger charge is 2.30. The van der Waals surface area contributed by atoms with Gasteiger partial charge in [0.25, 0.3) is 0 Å². The van der Waals surface area contributed by atoms with E-state index in [2.05, 4.69) is 5.16 Å². The fourth-order valence-corrected chi connectivity index (χ4v) is 1.64. The molecule has 2 rings (SSSR count). The second-order valence-electron chi connectivity index (χ2n) is 4.00. The van der Waals surface area contributed by atoms with Gasteiger partial charge in [0.2, 0.25) is 5.88 Å². The summed E-state index contributed by atoms with van der Waals surface area (Å²) in [6.45, 7) is 1.82. The fourth-order valence-electron chi connectivity index (χ4n) is 1.64. The van der Waals surface area contributed by atoms with Crippen molar-refractivity contribution in [3.8, 4) is 0 Å². The molecule has 0 amide bonds. The molecule has 0 bridgehead atoms. The van der Waals surface area contributed by atoms with Gasteiger partial charge in [0.05, 0.1) is 11.3 Å². The third-order valence-electron chi connectivity index (χ3n) is 2.73. The summed E-state index contributed by atoms with van der Waals surface area (Å²) >= 11 is 0. The first-order chi connectivity index (χ1) is 8.38. The topological polar surface area (TPSA) is 52.0 Å². The number of hydrogen-bond donors (Lipinski definition) is 1. The SMILES string of the molecule is CC(c1ccc(C(F)(F)F)cc1)c1cc(N)on1. The van der Waals surface area contributed by atoms with Gasteiger partial charge >= 0.3 is 6.18 Å². The molecule has 1 aromatic carbocycles. The summed E-state index contributed by atoms with van der Waals surface area (Å²) in [6, 6.07) is 6.52. The zero-order chi connectivity index (χ0) is 13.3. The van der Waals surface area contributed by atoms with Gasteiger partial charge in [0.15, 0.2) is 0 Å². The molecule has 0 aliphatic heterocycles. The van der Waals surface area contributed by atoms with Crippen molar-refractivity contribution in [2.24, 2.45) is 0 Å². The van der Waals surface area contributed by atoms with Gasteiger partial charge in [-0.1, -0.05) is 24.2 Å². The Bertz CT molecular complexity index is 531. The predicted octanol–water partition coefficient (Wildman–Crippen LogP) is 3.43. The first kappa shape index (κ1) is 12.5. The Morgan fingerprint density at radius 1 is 1.22 bits per heavy atom. The first-order valence-electron chi connectivity index (χ1n) is 5.27. The van der Waals surface area contributed by atoms with Crippen LogP contribution in [0.2, 0.25) is 0 Å². The van der Waals surface area contributed by atoms with Crippen molar-refractivity contribution >= 4 is 5.88 Å². The smallest absolute Gasteiger partial charge is 0.368 e. The highest BCUT2D eigenvalue weighted by Crippen LogP contribution is 2.31. The third-order valence-corrected chi connectivity index (χ3v) is 2.73. The van der Waals surface area contributed by atoms with E-state index in [0.29, 0.717) is 5.69 Å². The zero-order valence-corrected chi connectivity index (χ0v) is 9.53. The molecule has 96 valence electrons. The Labute approximate surface area is 101 Å². The van der Waals surface area contributed by atoms with Gasteiger partial charge in [0, 0.05) is 12.0 Å². The van der Waals surface area contributed by atoms with Crippen molar-refractivity contribution in [2.45, 2.75) is 19.0 Å². The van der Waals surface area contributed by atoms with Crippen LogP contribution in [0.25, 0.3) is 0 Å². The van der Waals surface area contributed by atoms with Gasteiger partial charge in [0.1, 0.15) is 0 Å². The van der Waals surface area contributed by atoms with Crippen LogP contribution in [0.1, 0.15) is 29.7 Å². The van der Waals surface area contributed by atoms with Crippen LogP contribution in [-0.2, 0) is 6.18 Å². The number of anilines is 1. The van der Waals surface area contributed by atoms with Crippen LogP contribution in [-0.4, -0.2) is 5.16 Å². The first-order valence-corrected chi connectivity index (χ1v) is 5.27. The van der Waals surface area contributed by atoms with Crippen LogP contribution in [0, 0.1) is 0 Å². The largest absolute Gasteiger partial charge is 0.416 e. The van der Waals surface area contributed by atoms with Crippen LogP contribution < -0.4 is 5.73 Å². The van der Waals surface area contributed by atoms with Crippen LogP contribution in [0.15, 0.2) is 34.9 Å². The number of halogens is 3. The van der Waals surface area contributed by atoms with Gasteiger partial charge in [-0.25, -0.2) is 0 Å². The van der Waals surface area contributed by atoms with Crippen LogP contribution >= 0.6 is 0 Å². The monoisotopic (exact) mass is 256 g/mol. The number of benzene rings is 1. The summed E-state index contributed by atoms with van der Waals surface area (Å²) in [7, 11) is 0. The van der Waals surface area contributed by atoms with E-state index in [-0.39, 0.29) is 11.8 Å². The zero-order valence-electron chi connectivity index (χ0n) is 9.53. The second kappa shape index (κ2) is 4.36. The minimum atomic E-state index is -4.32. The highest BCUT2D eigenvalue weighted by molar-refractivity contribution is 5.34. The molecule has 0 aliphatic rings. The Kier molecular flexibility index (Phi) is 3.02. The molecule has 3 nitrogen and oxygen atoms in total. The number of nitrogens with two attached hydrogens (primary N) is 1. The Hall–Kier alpha value is -1.98. The van der Waals surface area contributed by atoms with Gasteiger partial charge in [-0.15, -0.1) is 0 Å². The maximum atomic E-state index is 12.4. The Morgan fingerprint density at radius 3 is 2.28 bits per heavy atom. The van der Waals surface area contributed by atoms with Crippen molar-refractivity contribution in [1.29, 1.82) is 0 Å². The van der Waals surface area contributed by atoms with E-state index in [9.17, 15) is 13.2 Å². The molecule has 18 heavy (non-hydrogen) atoms. The minimum Gasteiger partial charge on any atom is -0.368 e. The van der Waals surface area contributed by atoms with Crippen molar-refractivity contribution in [3.63, 3.8) is 0 Å². The van der Waals surface area contributed by atoms with E-state index in [4.69, 9.17) is 10.3 Å². The molecule has 2 N–H and O–H groups in total. The molecule has 2 aromatic rings. The maximum Gasteiger partial charge on any atom is 0.416 e. The molecule has 0 saturated carbocycles. The van der Waals surface area contributed by atoms with E-state index < -0.39 is 11.7 Å². The van der Waals surface area contributed by atoms with Gasteiger partial charge in [-0.2, -0.15) is 13.2 Å². The summed E-state index contributed by atoms with van der Waals surface area (Å²) in [4.78, 5) is 0. The maximum absolute atomic E-state index is 12.4. The number of rotatable bonds is 2. The lowest BCUT2D eigenvalue weighted by molar-refractivity contribution is -0.137. The standard InChI is InChI=1S/C12H11F3N2O/c1-7(10-6-11(16)18-17-10)8-2-4-9(5-3-8)12(13,14)15/h2-7H,16H2,1H3. The van der Waals surface area contributed by atoms with Gasteiger partial charge in [-0.05, 0) is 17.7 Å². The van der Waals surface area contributed by atoms with E-state index in [0.717, 1.165) is 17.7 Å². The van der Waals surface area contributed by atoms with Crippen molar-refractivity contribution in [1.82, 2.24) is 5.16 Å². The fraction of sp³-hybridized carbons (Fsp3) is 0.250. The molecule has 1 atom stereocenters. The second-order valence-corrected chi connectivity index (χ2v) is 4.00.